The summed E-state index contributed by atoms with van der Waals surface area (Å²) in [6.45, 7) is 6.63. The lowest BCUT2D eigenvalue weighted by Crippen LogP contribution is -2.16. The largest absolute Gasteiger partial charge is 0.312 e. The molecule has 1 rings (SSSR count). The van der Waals surface area contributed by atoms with E-state index in [1.165, 1.54) is 17.1 Å². The van der Waals surface area contributed by atoms with E-state index in [2.05, 4.69) is 49.5 Å². The lowest BCUT2D eigenvalue weighted by molar-refractivity contribution is 0.725. The van der Waals surface area contributed by atoms with Crippen LogP contribution in [0.4, 0.5) is 0 Å². The average Bonchev–Trinajstić information content (AvgIpc) is 2.24. The zero-order chi connectivity index (χ0) is 10.9. The minimum atomic E-state index is 0.809. The highest BCUT2D eigenvalue weighted by Crippen LogP contribution is 2.06. The van der Waals surface area contributed by atoms with E-state index in [-0.39, 0.29) is 0 Å². The molecule has 0 fully saturated rings. The smallest absolute Gasteiger partial charge is 0.0205 e. The molecule has 0 aliphatic carbocycles. The number of nitrogens with one attached hydrogen (secondary N) is 1. The Balaban J connectivity index is 1.98. The van der Waals surface area contributed by atoms with Crippen LogP contribution in [0.15, 0.2) is 30.3 Å². The first kappa shape index (κ1) is 12.6. The minimum absolute atomic E-state index is 0.809. The Bertz CT molecular complexity index is 246. The van der Waals surface area contributed by atoms with Crippen molar-refractivity contribution >= 4 is 11.8 Å². The van der Waals surface area contributed by atoms with Crippen LogP contribution in [0, 0.1) is 5.92 Å². The van der Waals surface area contributed by atoms with Crippen LogP contribution in [0.25, 0.3) is 0 Å². The van der Waals surface area contributed by atoms with Crippen molar-refractivity contribution in [1.29, 1.82) is 0 Å². The Morgan fingerprint density at radius 1 is 1.20 bits per heavy atom. The maximum absolute atomic E-state index is 3.45. The van der Waals surface area contributed by atoms with Crippen molar-refractivity contribution in [1.82, 2.24) is 5.32 Å². The first-order valence-corrected chi connectivity index (χ1v) is 6.77. The van der Waals surface area contributed by atoms with Gasteiger partial charge in [-0.05, 0) is 17.2 Å². The van der Waals surface area contributed by atoms with E-state index in [0.29, 0.717) is 0 Å². The van der Waals surface area contributed by atoms with E-state index in [1.54, 1.807) is 0 Å². The van der Waals surface area contributed by atoms with Crippen molar-refractivity contribution in [2.45, 2.75) is 20.4 Å². The maximum Gasteiger partial charge on any atom is 0.0205 e. The maximum atomic E-state index is 3.45. The van der Waals surface area contributed by atoms with Crippen molar-refractivity contribution in [3.8, 4) is 0 Å². The fourth-order valence-corrected chi connectivity index (χ4v) is 2.22. The van der Waals surface area contributed by atoms with E-state index in [9.17, 15) is 0 Å². The second-order valence-electron chi connectivity index (χ2n) is 4.13. The van der Waals surface area contributed by atoms with Gasteiger partial charge in [0.25, 0.3) is 0 Å². The summed E-state index contributed by atoms with van der Waals surface area (Å²) in [6.07, 6.45) is 0. The van der Waals surface area contributed by atoms with Gasteiger partial charge >= 0.3 is 0 Å². The Labute approximate surface area is 97.7 Å². The van der Waals surface area contributed by atoms with Gasteiger partial charge in [-0.2, -0.15) is 11.8 Å². The van der Waals surface area contributed by atoms with Crippen molar-refractivity contribution < 1.29 is 0 Å². The summed E-state index contributed by atoms with van der Waals surface area (Å²) in [5.74, 6) is 3.29. The van der Waals surface area contributed by atoms with Gasteiger partial charge in [0.05, 0.1) is 0 Å². The van der Waals surface area contributed by atoms with Gasteiger partial charge in [0.2, 0.25) is 0 Å². The lowest BCUT2D eigenvalue weighted by Gasteiger charge is -2.06. The van der Waals surface area contributed by atoms with E-state index in [0.717, 1.165) is 19.0 Å². The summed E-state index contributed by atoms with van der Waals surface area (Å²) in [5.41, 5.74) is 1.37. The third-order valence-corrected chi connectivity index (χ3v) is 3.44. The van der Waals surface area contributed by atoms with E-state index in [4.69, 9.17) is 0 Å². The van der Waals surface area contributed by atoms with Crippen molar-refractivity contribution in [3.05, 3.63) is 35.9 Å². The highest BCUT2D eigenvalue weighted by molar-refractivity contribution is 7.99. The van der Waals surface area contributed by atoms with Gasteiger partial charge in [-0.15, -0.1) is 0 Å². The molecule has 0 atom stereocenters. The molecule has 0 spiro atoms. The molecule has 0 saturated carbocycles. The molecule has 84 valence electrons. The van der Waals surface area contributed by atoms with Crippen molar-refractivity contribution in [2.24, 2.45) is 5.92 Å². The molecule has 15 heavy (non-hydrogen) atoms. The molecule has 1 aromatic rings. The van der Waals surface area contributed by atoms with E-state index < -0.39 is 0 Å². The molecule has 2 heteroatoms. The van der Waals surface area contributed by atoms with Crippen molar-refractivity contribution in [2.75, 3.05) is 18.1 Å². The molecule has 0 bridgehead atoms. The van der Waals surface area contributed by atoms with Crippen LogP contribution in [-0.2, 0) is 6.54 Å². The first-order valence-electron chi connectivity index (χ1n) is 5.61. The molecule has 0 aromatic heterocycles. The molecule has 1 nitrogen and oxygen atoms in total. The predicted molar refractivity (Wildman–Crippen MR) is 70.3 cm³/mol. The lowest BCUT2D eigenvalue weighted by atomic mass is 10.2. The van der Waals surface area contributed by atoms with Crippen LogP contribution in [0.3, 0.4) is 0 Å². The zero-order valence-electron chi connectivity index (χ0n) is 9.70. The monoisotopic (exact) mass is 223 g/mol. The highest BCUT2D eigenvalue weighted by Gasteiger charge is 1.94. The molecular formula is C13H21NS. The average molecular weight is 223 g/mol. The number of rotatable bonds is 7. The van der Waals surface area contributed by atoms with Gasteiger partial charge in [-0.1, -0.05) is 44.2 Å². The van der Waals surface area contributed by atoms with Gasteiger partial charge in [-0.3, -0.25) is 0 Å². The van der Waals surface area contributed by atoms with Crippen LogP contribution >= 0.6 is 11.8 Å². The number of benzene rings is 1. The topological polar surface area (TPSA) is 12.0 Å². The Morgan fingerprint density at radius 3 is 2.60 bits per heavy atom. The van der Waals surface area contributed by atoms with Gasteiger partial charge in [0.15, 0.2) is 0 Å². The molecule has 0 unspecified atom stereocenters. The molecular weight excluding hydrogens is 202 g/mol. The third kappa shape index (κ3) is 6.58. The first-order chi connectivity index (χ1) is 7.29. The molecule has 0 aliphatic heterocycles. The van der Waals surface area contributed by atoms with Crippen LogP contribution in [0.5, 0.6) is 0 Å². The molecule has 1 N–H and O–H groups in total. The Kier molecular flexibility index (Phi) is 6.53. The zero-order valence-corrected chi connectivity index (χ0v) is 10.5. The summed E-state index contributed by atoms with van der Waals surface area (Å²) in [6, 6.07) is 10.6. The molecule has 1 aromatic carbocycles. The fourth-order valence-electron chi connectivity index (χ4n) is 1.29. The van der Waals surface area contributed by atoms with Crippen LogP contribution in [0.2, 0.25) is 0 Å². The second kappa shape index (κ2) is 7.77. The second-order valence-corrected chi connectivity index (χ2v) is 5.28. The predicted octanol–water partition coefficient (Wildman–Crippen LogP) is 3.17. The normalized spacial score (nSPS) is 10.9. The molecule has 0 radical (unpaired) electrons. The summed E-state index contributed by atoms with van der Waals surface area (Å²) >= 11 is 2.03. The molecule has 0 saturated heterocycles. The summed E-state index contributed by atoms with van der Waals surface area (Å²) in [5, 5.41) is 3.45. The van der Waals surface area contributed by atoms with Gasteiger partial charge in [-0.25, -0.2) is 0 Å². The molecule has 0 amide bonds. The van der Waals surface area contributed by atoms with E-state index in [1.807, 2.05) is 11.8 Å². The van der Waals surface area contributed by atoms with Crippen LogP contribution in [-0.4, -0.2) is 18.1 Å². The number of hydrogen-bond donors (Lipinski definition) is 1. The standard InChI is InChI=1S/C13H21NS/c1-12(2)11-15-9-8-14-10-13-6-4-3-5-7-13/h3-7,12,14H,8-11H2,1-2H3. The minimum Gasteiger partial charge on any atom is -0.312 e. The summed E-state index contributed by atoms with van der Waals surface area (Å²) in [4.78, 5) is 0. The molecule has 0 aliphatic rings. The van der Waals surface area contributed by atoms with Gasteiger partial charge < -0.3 is 5.32 Å². The number of thioether (sulfide) groups is 1. The summed E-state index contributed by atoms with van der Waals surface area (Å²) < 4.78 is 0. The van der Waals surface area contributed by atoms with Gasteiger partial charge in [0, 0.05) is 18.8 Å². The number of hydrogen-bond acceptors (Lipinski definition) is 2. The Hall–Kier alpha value is -0.470. The molecule has 0 heterocycles. The van der Waals surface area contributed by atoms with Crippen LogP contribution < -0.4 is 5.32 Å². The highest BCUT2D eigenvalue weighted by atomic mass is 32.2. The Morgan fingerprint density at radius 2 is 1.93 bits per heavy atom. The van der Waals surface area contributed by atoms with E-state index >= 15 is 0 Å². The summed E-state index contributed by atoms with van der Waals surface area (Å²) in [7, 11) is 0. The SMILES string of the molecule is CC(C)CSCCNCc1ccccc1. The van der Waals surface area contributed by atoms with Crippen molar-refractivity contribution in [3.63, 3.8) is 0 Å². The van der Waals surface area contributed by atoms with Gasteiger partial charge in [0.1, 0.15) is 0 Å². The fraction of sp³-hybridized carbons (Fsp3) is 0.538. The quantitative estimate of drug-likeness (QED) is 0.713. The third-order valence-electron chi connectivity index (χ3n) is 2.05. The van der Waals surface area contributed by atoms with Crippen LogP contribution in [0.1, 0.15) is 19.4 Å².